The maximum Gasteiger partial charge on any atom is 0.194 e. The van der Waals surface area contributed by atoms with Gasteiger partial charge in [0.2, 0.25) is 0 Å². The van der Waals surface area contributed by atoms with Crippen molar-refractivity contribution in [1.29, 1.82) is 0 Å². The summed E-state index contributed by atoms with van der Waals surface area (Å²) >= 11 is 3.24. The highest BCUT2D eigenvalue weighted by Gasteiger charge is 2.12. The largest absolute Gasteiger partial charge is 0.497 e. The fourth-order valence-corrected chi connectivity index (χ4v) is 3.55. The molecular formula is C13H13N3OS2. The fourth-order valence-electron chi connectivity index (χ4n) is 1.84. The average Bonchev–Trinajstić information content (AvgIpc) is 3.00. The number of ether oxygens (including phenoxy) is 1. The van der Waals surface area contributed by atoms with Crippen LogP contribution in [0.15, 0.2) is 45.8 Å². The van der Waals surface area contributed by atoms with Crippen LogP contribution in [0.4, 0.5) is 0 Å². The first kappa shape index (κ1) is 12.5. The Balaban J connectivity index is 1.93. The van der Waals surface area contributed by atoms with E-state index in [2.05, 4.69) is 9.38 Å². The van der Waals surface area contributed by atoms with Gasteiger partial charge < -0.3 is 10.5 Å². The Kier molecular flexibility index (Phi) is 3.46. The zero-order chi connectivity index (χ0) is 13.2. The molecule has 4 nitrogen and oxygen atoms in total. The fraction of sp³-hybridized carbons (Fsp3) is 0.154. The molecule has 0 unspecified atom stereocenters. The number of hydrogen-bond acceptors (Lipinski definition) is 5. The van der Waals surface area contributed by atoms with Crippen molar-refractivity contribution in [2.75, 3.05) is 7.11 Å². The monoisotopic (exact) mass is 291 g/mol. The smallest absolute Gasteiger partial charge is 0.194 e. The number of thiazole rings is 1. The molecule has 0 aliphatic heterocycles. The van der Waals surface area contributed by atoms with Crippen molar-refractivity contribution in [3.8, 4) is 5.75 Å². The quantitative estimate of drug-likeness (QED) is 0.803. The first-order valence-electron chi connectivity index (χ1n) is 5.78. The van der Waals surface area contributed by atoms with Crippen LogP contribution in [-0.4, -0.2) is 16.5 Å². The first-order chi connectivity index (χ1) is 9.31. The maximum atomic E-state index is 5.83. The molecule has 0 radical (unpaired) electrons. The summed E-state index contributed by atoms with van der Waals surface area (Å²) in [5, 5.41) is 2.99. The predicted molar refractivity (Wildman–Crippen MR) is 78.1 cm³/mol. The van der Waals surface area contributed by atoms with Crippen LogP contribution in [0.5, 0.6) is 5.75 Å². The molecule has 0 saturated heterocycles. The Bertz CT molecular complexity index is 688. The van der Waals surface area contributed by atoms with Crippen molar-refractivity contribution in [3.63, 3.8) is 0 Å². The number of imidazole rings is 1. The Labute approximate surface area is 119 Å². The Morgan fingerprint density at radius 2 is 2.16 bits per heavy atom. The summed E-state index contributed by atoms with van der Waals surface area (Å²) in [4.78, 5) is 6.72. The van der Waals surface area contributed by atoms with Gasteiger partial charge in [-0.25, -0.2) is 4.98 Å². The van der Waals surface area contributed by atoms with Crippen molar-refractivity contribution in [2.24, 2.45) is 5.73 Å². The minimum Gasteiger partial charge on any atom is -0.497 e. The zero-order valence-electron chi connectivity index (χ0n) is 10.4. The Morgan fingerprint density at radius 1 is 1.37 bits per heavy atom. The number of rotatable bonds is 4. The third-order valence-electron chi connectivity index (χ3n) is 2.79. The second kappa shape index (κ2) is 5.24. The second-order valence-electron chi connectivity index (χ2n) is 3.90. The van der Waals surface area contributed by atoms with Gasteiger partial charge in [0.05, 0.1) is 12.8 Å². The third-order valence-corrected chi connectivity index (χ3v) is 4.58. The van der Waals surface area contributed by atoms with E-state index in [0.29, 0.717) is 6.54 Å². The van der Waals surface area contributed by atoms with Crippen LogP contribution in [0.1, 0.15) is 5.69 Å². The van der Waals surface area contributed by atoms with Gasteiger partial charge in [0.25, 0.3) is 0 Å². The van der Waals surface area contributed by atoms with E-state index >= 15 is 0 Å². The molecule has 19 heavy (non-hydrogen) atoms. The summed E-state index contributed by atoms with van der Waals surface area (Å²) in [5.41, 5.74) is 6.88. The van der Waals surface area contributed by atoms with Crippen molar-refractivity contribution in [1.82, 2.24) is 9.38 Å². The van der Waals surface area contributed by atoms with Crippen molar-refractivity contribution >= 4 is 28.1 Å². The van der Waals surface area contributed by atoms with E-state index < -0.39 is 0 Å². The van der Waals surface area contributed by atoms with E-state index in [9.17, 15) is 0 Å². The highest BCUT2D eigenvalue weighted by Crippen LogP contribution is 2.32. The summed E-state index contributed by atoms with van der Waals surface area (Å²) in [6.07, 6.45) is 2.01. The molecule has 0 aliphatic rings. The van der Waals surface area contributed by atoms with Gasteiger partial charge >= 0.3 is 0 Å². The molecule has 0 saturated carbocycles. The molecule has 2 aromatic heterocycles. The van der Waals surface area contributed by atoms with E-state index in [1.807, 2.05) is 35.8 Å². The molecule has 0 amide bonds. The molecule has 0 aliphatic carbocycles. The van der Waals surface area contributed by atoms with Crippen molar-refractivity contribution < 1.29 is 4.74 Å². The van der Waals surface area contributed by atoms with E-state index in [-0.39, 0.29) is 0 Å². The summed E-state index contributed by atoms with van der Waals surface area (Å²) in [5.74, 6) is 0.856. The second-order valence-corrected chi connectivity index (χ2v) is 5.84. The molecule has 0 spiro atoms. The summed E-state index contributed by atoms with van der Waals surface area (Å²) in [6, 6.07) is 7.94. The number of nitrogens with zero attached hydrogens (tertiary/aromatic N) is 2. The topological polar surface area (TPSA) is 52.5 Å². The number of benzene rings is 1. The number of hydrogen-bond donors (Lipinski definition) is 1. The van der Waals surface area contributed by atoms with Gasteiger partial charge in [0.15, 0.2) is 4.96 Å². The first-order valence-corrected chi connectivity index (χ1v) is 7.48. The molecule has 3 aromatic rings. The number of nitrogens with two attached hydrogens (primary N) is 1. The highest BCUT2D eigenvalue weighted by molar-refractivity contribution is 7.99. The summed E-state index contributed by atoms with van der Waals surface area (Å²) < 4.78 is 7.20. The van der Waals surface area contributed by atoms with Crippen LogP contribution in [-0.2, 0) is 6.54 Å². The molecule has 6 heteroatoms. The number of methoxy groups -OCH3 is 1. The SMILES string of the molecule is COc1ccc(Sc2nc3sccn3c2CN)cc1. The Hall–Kier alpha value is -1.50. The number of fused-ring (bicyclic) bond motifs is 1. The lowest BCUT2D eigenvalue weighted by molar-refractivity contribution is 0.414. The van der Waals surface area contributed by atoms with Gasteiger partial charge in [-0.05, 0) is 24.3 Å². The standard InChI is InChI=1S/C13H13N3OS2/c1-17-9-2-4-10(5-3-9)19-12-11(8-14)16-6-7-18-13(16)15-12/h2-7H,8,14H2,1H3. The normalized spacial score (nSPS) is 11.1. The molecule has 3 rings (SSSR count). The molecule has 1 aromatic carbocycles. The van der Waals surface area contributed by atoms with E-state index in [0.717, 1.165) is 26.3 Å². The van der Waals surface area contributed by atoms with E-state index in [4.69, 9.17) is 10.5 Å². The lowest BCUT2D eigenvalue weighted by Gasteiger charge is -2.03. The molecule has 2 N–H and O–H groups in total. The molecular weight excluding hydrogens is 278 g/mol. The van der Waals surface area contributed by atoms with Gasteiger partial charge in [-0.15, -0.1) is 11.3 Å². The highest BCUT2D eigenvalue weighted by atomic mass is 32.2. The maximum absolute atomic E-state index is 5.83. The average molecular weight is 291 g/mol. The van der Waals surface area contributed by atoms with E-state index in [1.165, 1.54) is 0 Å². The summed E-state index contributed by atoms with van der Waals surface area (Å²) in [7, 11) is 1.66. The summed E-state index contributed by atoms with van der Waals surface area (Å²) in [6.45, 7) is 0.483. The van der Waals surface area contributed by atoms with Gasteiger partial charge in [-0.3, -0.25) is 4.40 Å². The lowest BCUT2D eigenvalue weighted by atomic mass is 10.3. The number of aromatic nitrogens is 2. The van der Waals surface area contributed by atoms with Gasteiger partial charge in [0, 0.05) is 23.0 Å². The van der Waals surface area contributed by atoms with Crippen molar-refractivity contribution in [2.45, 2.75) is 16.5 Å². The zero-order valence-corrected chi connectivity index (χ0v) is 12.0. The van der Waals surface area contributed by atoms with E-state index in [1.54, 1.807) is 30.2 Å². The van der Waals surface area contributed by atoms with Crippen LogP contribution in [0.25, 0.3) is 4.96 Å². The Morgan fingerprint density at radius 3 is 2.84 bits per heavy atom. The van der Waals surface area contributed by atoms with Crippen LogP contribution in [0, 0.1) is 0 Å². The minimum absolute atomic E-state index is 0.483. The molecule has 98 valence electrons. The van der Waals surface area contributed by atoms with Crippen LogP contribution < -0.4 is 10.5 Å². The minimum atomic E-state index is 0.483. The predicted octanol–water partition coefficient (Wildman–Crippen LogP) is 3.01. The third kappa shape index (κ3) is 2.34. The van der Waals surface area contributed by atoms with Gasteiger partial charge in [-0.1, -0.05) is 11.8 Å². The van der Waals surface area contributed by atoms with Gasteiger partial charge in [0.1, 0.15) is 10.8 Å². The molecule has 0 bridgehead atoms. The molecule has 0 fully saturated rings. The molecule has 2 heterocycles. The van der Waals surface area contributed by atoms with Crippen LogP contribution in [0.2, 0.25) is 0 Å². The lowest BCUT2D eigenvalue weighted by Crippen LogP contribution is -2.00. The van der Waals surface area contributed by atoms with Gasteiger partial charge in [-0.2, -0.15) is 0 Å². The van der Waals surface area contributed by atoms with Crippen molar-refractivity contribution in [3.05, 3.63) is 41.5 Å². The van der Waals surface area contributed by atoms with Crippen LogP contribution >= 0.6 is 23.1 Å². The molecule has 0 atom stereocenters. The van der Waals surface area contributed by atoms with Crippen LogP contribution in [0.3, 0.4) is 0 Å².